The van der Waals surface area contributed by atoms with Crippen LogP contribution in [-0.4, -0.2) is 96.7 Å². The average Bonchev–Trinajstić information content (AvgIpc) is 3.44. The molecular weight excluding hydrogens is 1200 g/mol. The Kier molecular flexibility index (Phi) is 61.5. The summed E-state index contributed by atoms with van der Waals surface area (Å²) in [6, 6.07) is 0. The van der Waals surface area contributed by atoms with E-state index in [1.165, 1.54) is 173 Å². The van der Waals surface area contributed by atoms with Gasteiger partial charge in [0.2, 0.25) is 0 Å². The largest absolute Gasteiger partial charge is 0.472 e. The number of phosphoric acid groups is 2. The highest BCUT2D eigenvalue weighted by Crippen LogP contribution is 2.45. The van der Waals surface area contributed by atoms with Gasteiger partial charge in [-0.1, -0.05) is 312 Å². The zero-order valence-corrected chi connectivity index (χ0v) is 61.1. The Labute approximate surface area is 556 Å². The van der Waals surface area contributed by atoms with Crippen molar-refractivity contribution in [1.29, 1.82) is 0 Å². The molecule has 0 saturated heterocycles. The Balaban J connectivity index is 5.25. The summed E-state index contributed by atoms with van der Waals surface area (Å²) in [7, 11) is -9.90. The molecule has 0 heterocycles. The number of carbonyl (C=O) groups excluding carboxylic acids is 4. The van der Waals surface area contributed by atoms with Gasteiger partial charge in [0.15, 0.2) is 12.2 Å². The number of rotatable bonds is 70. The Morgan fingerprint density at radius 1 is 0.319 bits per heavy atom. The van der Waals surface area contributed by atoms with Gasteiger partial charge in [-0.05, 0) is 43.4 Å². The first-order valence-corrected chi connectivity index (χ1v) is 40.4. The summed E-state index contributed by atoms with van der Waals surface area (Å²) in [6.07, 6.45) is 47.0. The SMILES string of the molecule is CCCCCCCCCCCCC(=O)OC[C@H](COP(=O)(O)OC[C@H](O)COP(=O)(O)OC[C@@H](COC(=O)CCCCCCCCCCC(C)CC)OC(=O)CCCCCCCCCCCCCCCCC(C)C)OC(=O)CCCCCCCCCCC(C)CC. The molecule has 0 aliphatic heterocycles. The average molecular weight is 1340 g/mol. The first-order valence-electron chi connectivity index (χ1n) is 37.4. The number of phosphoric ester groups is 2. The van der Waals surface area contributed by atoms with Gasteiger partial charge < -0.3 is 33.8 Å². The molecule has 91 heavy (non-hydrogen) atoms. The van der Waals surface area contributed by atoms with E-state index >= 15 is 0 Å². The van der Waals surface area contributed by atoms with Crippen molar-refractivity contribution in [2.75, 3.05) is 39.6 Å². The van der Waals surface area contributed by atoms with E-state index in [-0.39, 0.29) is 25.7 Å². The quantitative estimate of drug-likeness (QED) is 0.0222. The van der Waals surface area contributed by atoms with Crippen molar-refractivity contribution in [3.63, 3.8) is 0 Å². The lowest BCUT2D eigenvalue weighted by Crippen LogP contribution is -2.30. The summed E-state index contributed by atoms with van der Waals surface area (Å²) < 4.78 is 68.4. The summed E-state index contributed by atoms with van der Waals surface area (Å²) >= 11 is 0. The molecule has 0 amide bonds. The minimum absolute atomic E-state index is 0.105. The van der Waals surface area contributed by atoms with E-state index in [0.717, 1.165) is 108 Å². The van der Waals surface area contributed by atoms with Crippen molar-refractivity contribution in [1.82, 2.24) is 0 Å². The monoisotopic (exact) mass is 1340 g/mol. The molecule has 0 aromatic rings. The van der Waals surface area contributed by atoms with Crippen molar-refractivity contribution < 1.29 is 80.2 Å². The van der Waals surface area contributed by atoms with Crippen LogP contribution in [0.2, 0.25) is 0 Å². The van der Waals surface area contributed by atoms with E-state index in [0.29, 0.717) is 25.7 Å². The molecular formula is C72H140O17P2. The number of hydrogen-bond donors (Lipinski definition) is 3. The molecule has 17 nitrogen and oxygen atoms in total. The fourth-order valence-electron chi connectivity index (χ4n) is 10.8. The lowest BCUT2D eigenvalue weighted by atomic mass is 9.99. The summed E-state index contributed by atoms with van der Waals surface area (Å²) in [4.78, 5) is 72.6. The summed E-state index contributed by atoms with van der Waals surface area (Å²) in [5, 5.41) is 10.6. The molecule has 0 fully saturated rings. The van der Waals surface area contributed by atoms with Gasteiger partial charge in [-0.2, -0.15) is 0 Å². The van der Waals surface area contributed by atoms with Crippen LogP contribution >= 0.6 is 15.6 Å². The minimum Gasteiger partial charge on any atom is -0.462 e. The van der Waals surface area contributed by atoms with Crippen LogP contribution in [-0.2, 0) is 65.4 Å². The molecule has 0 rings (SSSR count). The summed E-state index contributed by atoms with van der Waals surface area (Å²) in [6.45, 7) is 11.9. The van der Waals surface area contributed by atoms with Crippen LogP contribution in [0.4, 0.5) is 0 Å². The minimum atomic E-state index is -4.95. The zero-order valence-electron chi connectivity index (χ0n) is 59.3. The molecule has 0 aliphatic carbocycles. The van der Waals surface area contributed by atoms with Gasteiger partial charge in [0, 0.05) is 25.7 Å². The van der Waals surface area contributed by atoms with Gasteiger partial charge in [0.1, 0.15) is 19.3 Å². The molecule has 0 bridgehead atoms. The van der Waals surface area contributed by atoms with Crippen molar-refractivity contribution in [2.45, 2.75) is 381 Å². The van der Waals surface area contributed by atoms with E-state index in [4.69, 9.17) is 37.0 Å². The molecule has 540 valence electrons. The number of carbonyl (C=O) groups is 4. The van der Waals surface area contributed by atoms with Crippen LogP contribution in [0.3, 0.4) is 0 Å². The van der Waals surface area contributed by atoms with Crippen LogP contribution in [0.25, 0.3) is 0 Å². The molecule has 0 saturated carbocycles. The van der Waals surface area contributed by atoms with E-state index in [1.54, 1.807) is 0 Å². The highest BCUT2D eigenvalue weighted by atomic mass is 31.2. The number of esters is 4. The van der Waals surface area contributed by atoms with Gasteiger partial charge in [-0.25, -0.2) is 9.13 Å². The zero-order chi connectivity index (χ0) is 67.3. The van der Waals surface area contributed by atoms with Crippen LogP contribution in [0, 0.1) is 17.8 Å². The molecule has 0 radical (unpaired) electrons. The molecule has 0 aliphatic rings. The number of hydrogen-bond acceptors (Lipinski definition) is 15. The predicted octanol–water partition coefficient (Wildman–Crippen LogP) is 20.6. The first-order chi connectivity index (χ1) is 43.8. The van der Waals surface area contributed by atoms with Crippen LogP contribution in [0.5, 0.6) is 0 Å². The molecule has 0 spiro atoms. The highest BCUT2D eigenvalue weighted by molar-refractivity contribution is 7.47. The number of ether oxygens (including phenoxy) is 4. The lowest BCUT2D eigenvalue weighted by Gasteiger charge is -2.21. The number of unbranched alkanes of at least 4 members (excludes halogenated alkanes) is 36. The predicted molar refractivity (Wildman–Crippen MR) is 368 cm³/mol. The molecule has 7 atom stereocenters. The fraction of sp³-hybridized carbons (Fsp3) is 0.944. The number of aliphatic hydroxyl groups is 1. The van der Waals surface area contributed by atoms with Crippen molar-refractivity contribution >= 4 is 39.5 Å². The smallest absolute Gasteiger partial charge is 0.462 e. The van der Waals surface area contributed by atoms with Gasteiger partial charge in [-0.15, -0.1) is 0 Å². The maximum absolute atomic E-state index is 13.0. The Hall–Kier alpha value is -1.94. The second-order valence-corrected chi connectivity index (χ2v) is 29.8. The standard InChI is InChI=1S/C72H140O17P2/c1-8-11-12-13-14-15-23-32-39-46-53-69(74)82-59-68(89-72(77)56-49-42-35-28-26-31-38-45-52-65(7)10-3)62-87-91(80,81)85-58-66(73)57-84-90(78,79)86-61-67(60-83-70(75)54-47-40-33-27-25-30-37-44-51-64(6)9-2)88-71(76)55-48-41-34-24-21-19-17-16-18-20-22-29-36-43-50-63(4)5/h63-68,73H,8-62H2,1-7H3,(H,78,79)(H,80,81)/t64?,65?,66-,67-,68-/m1/s1. The van der Waals surface area contributed by atoms with Gasteiger partial charge >= 0.3 is 39.5 Å². The van der Waals surface area contributed by atoms with Gasteiger partial charge in [0.05, 0.1) is 26.4 Å². The first kappa shape index (κ1) is 89.1. The van der Waals surface area contributed by atoms with Gasteiger partial charge in [-0.3, -0.25) is 37.3 Å². The van der Waals surface area contributed by atoms with Crippen LogP contribution in [0.1, 0.15) is 363 Å². The van der Waals surface area contributed by atoms with Gasteiger partial charge in [0.25, 0.3) is 0 Å². The molecule has 0 aromatic carbocycles. The second-order valence-electron chi connectivity index (χ2n) is 26.9. The van der Waals surface area contributed by atoms with Crippen molar-refractivity contribution in [2.24, 2.45) is 17.8 Å². The van der Waals surface area contributed by atoms with E-state index in [9.17, 15) is 43.2 Å². The summed E-state index contributed by atoms with van der Waals surface area (Å²) in [5.74, 6) is 0.218. The third-order valence-electron chi connectivity index (χ3n) is 17.4. The Morgan fingerprint density at radius 3 is 0.835 bits per heavy atom. The summed E-state index contributed by atoms with van der Waals surface area (Å²) in [5.41, 5.74) is 0. The van der Waals surface area contributed by atoms with E-state index in [2.05, 4.69) is 48.5 Å². The fourth-order valence-corrected chi connectivity index (χ4v) is 12.4. The normalized spacial score (nSPS) is 14.8. The third kappa shape index (κ3) is 63.9. The van der Waals surface area contributed by atoms with E-state index in [1.807, 2.05) is 0 Å². The highest BCUT2D eigenvalue weighted by Gasteiger charge is 2.30. The van der Waals surface area contributed by atoms with Crippen molar-refractivity contribution in [3.05, 3.63) is 0 Å². The third-order valence-corrected chi connectivity index (χ3v) is 19.3. The van der Waals surface area contributed by atoms with Crippen molar-refractivity contribution in [3.8, 4) is 0 Å². The molecule has 3 N–H and O–H groups in total. The topological polar surface area (TPSA) is 237 Å². The van der Waals surface area contributed by atoms with E-state index < -0.39 is 97.5 Å². The Bertz CT molecular complexity index is 1790. The maximum Gasteiger partial charge on any atom is 0.472 e. The van der Waals surface area contributed by atoms with Crippen LogP contribution < -0.4 is 0 Å². The van der Waals surface area contributed by atoms with Crippen LogP contribution in [0.15, 0.2) is 0 Å². The molecule has 0 aromatic heterocycles. The molecule has 4 unspecified atom stereocenters. The Morgan fingerprint density at radius 2 is 0.560 bits per heavy atom. The number of aliphatic hydroxyl groups excluding tert-OH is 1. The second kappa shape index (κ2) is 62.8. The lowest BCUT2D eigenvalue weighted by molar-refractivity contribution is -0.161. The maximum atomic E-state index is 13.0. The molecule has 19 heteroatoms.